The lowest BCUT2D eigenvalue weighted by atomic mass is 9.78. The van der Waals surface area contributed by atoms with E-state index in [9.17, 15) is 19.2 Å². The minimum Gasteiger partial charge on any atom is -0.399 e. The maximum atomic E-state index is 12.4. The minimum absolute atomic E-state index is 0.258. The lowest BCUT2D eigenvalue weighted by Gasteiger charge is -2.32. The molecule has 0 saturated carbocycles. The number of hydrogen-bond donors (Lipinski definition) is 0. The number of nitrogens with zero attached hydrogens (tertiary/aromatic N) is 6. The van der Waals surface area contributed by atoms with Crippen LogP contribution in [0.15, 0.2) is 175 Å². The fourth-order valence-electron chi connectivity index (χ4n) is 9.32. The van der Waals surface area contributed by atoms with Crippen molar-refractivity contribution < 1.29 is 28.5 Å². The van der Waals surface area contributed by atoms with Gasteiger partial charge < -0.3 is 9.31 Å². The molecule has 4 amide bonds. The van der Waals surface area contributed by atoms with E-state index in [-0.39, 0.29) is 23.6 Å². The molecule has 0 aliphatic carbocycles. The number of imide groups is 2. The number of carbonyl (C=O) groups excluding carboxylic acids is 4. The standard InChI is InChI=1S/C27H17N3O2.C18H11BrN2.C15H18BNO4/c1-30-26(31)21-11-9-19(15-22(21)27(30)32)18-4-2-5-20(14-18)23-12-10-17-8-7-16-6-3-13-28-24(16)25(17)29-23;19-15-5-1-3-14(11-15)16-9-8-13-7-6-12-4-2-10-20-17(12)18(13)21-16;1-14(2)15(3,4)21-16(20-14)9-6-7-10-11(8-9)13(19)17(5)12(10)18/h2-15H,1H3;1-11H;6-8H,1-5H3. The van der Waals surface area contributed by atoms with Crippen molar-refractivity contribution >= 4 is 95.8 Å². The first kappa shape index (κ1) is 48.0. The Balaban J connectivity index is 0.000000124. The SMILES string of the molecule is Brc1cccc(-c2ccc3ccc4cccnc4c3n2)c1.CN1C(=O)c2ccc(-c3cccc(-c4ccc5ccc6cccnc6c5n4)c3)cc2C1=O.CN1C(=O)c2ccc(B3OC(C)(C)C(C)(C)O3)cc2C1=O. The molecule has 0 spiro atoms. The Hall–Kier alpha value is -8.30. The third kappa shape index (κ3) is 8.60. The lowest BCUT2D eigenvalue weighted by Crippen LogP contribution is -2.41. The predicted octanol–water partition coefficient (Wildman–Crippen LogP) is 11.8. The Morgan fingerprint density at radius 1 is 0.432 bits per heavy atom. The summed E-state index contributed by atoms with van der Waals surface area (Å²) >= 11 is 3.51. The molecule has 13 rings (SSSR count). The molecule has 74 heavy (non-hydrogen) atoms. The molecule has 362 valence electrons. The number of aromatic nitrogens is 4. The average molecular weight is 1040 g/mol. The summed E-state index contributed by atoms with van der Waals surface area (Å²) in [6.07, 6.45) is 3.60. The van der Waals surface area contributed by atoms with Gasteiger partial charge in [-0.25, -0.2) is 9.97 Å². The molecule has 10 aromatic rings. The zero-order valence-corrected chi connectivity index (χ0v) is 42.8. The van der Waals surface area contributed by atoms with Gasteiger partial charge in [0.1, 0.15) is 0 Å². The van der Waals surface area contributed by atoms with Crippen molar-refractivity contribution in [1.82, 2.24) is 29.7 Å². The molecule has 1 fully saturated rings. The third-order valence-corrected chi connectivity index (χ3v) is 14.7. The van der Waals surface area contributed by atoms with Crippen LogP contribution in [-0.4, -0.2) is 85.8 Å². The number of rotatable bonds is 4. The first-order chi connectivity index (χ1) is 35.5. The number of benzene rings is 6. The smallest absolute Gasteiger partial charge is 0.399 e. The second-order valence-corrected chi connectivity index (χ2v) is 20.3. The molecule has 0 unspecified atom stereocenters. The molecule has 3 aliphatic heterocycles. The monoisotopic (exact) mass is 1040 g/mol. The zero-order valence-electron chi connectivity index (χ0n) is 41.3. The highest BCUT2D eigenvalue weighted by Gasteiger charge is 2.52. The van der Waals surface area contributed by atoms with Gasteiger partial charge in [-0.05, 0) is 111 Å². The van der Waals surface area contributed by atoms with Crippen molar-refractivity contribution in [2.75, 3.05) is 14.1 Å². The Bertz CT molecular complexity index is 3980. The molecular formula is C60H46BBrN6O6. The summed E-state index contributed by atoms with van der Waals surface area (Å²) in [6, 6.07) is 51.3. The van der Waals surface area contributed by atoms with E-state index in [4.69, 9.17) is 19.3 Å². The molecule has 14 heteroatoms. The fraction of sp³-hybridized carbons (Fsp3) is 0.133. The van der Waals surface area contributed by atoms with Crippen LogP contribution in [0, 0.1) is 0 Å². The van der Waals surface area contributed by atoms with Crippen molar-refractivity contribution in [3.63, 3.8) is 0 Å². The van der Waals surface area contributed by atoms with Gasteiger partial charge in [0.05, 0.1) is 66.9 Å². The van der Waals surface area contributed by atoms with Gasteiger partial charge in [-0.15, -0.1) is 0 Å². The Labute approximate surface area is 435 Å². The molecule has 0 N–H and O–H groups in total. The Kier molecular flexibility index (Phi) is 12.1. The molecule has 0 bridgehead atoms. The van der Waals surface area contributed by atoms with Gasteiger partial charge in [0.15, 0.2) is 0 Å². The summed E-state index contributed by atoms with van der Waals surface area (Å²) in [5.41, 5.74) is 11.0. The van der Waals surface area contributed by atoms with Crippen LogP contribution in [0.4, 0.5) is 0 Å². The first-order valence-electron chi connectivity index (χ1n) is 24.0. The van der Waals surface area contributed by atoms with E-state index >= 15 is 0 Å². The van der Waals surface area contributed by atoms with Crippen LogP contribution in [0.2, 0.25) is 0 Å². The fourth-order valence-corrected chi connectivity index (χ4v) is 9.72. The minimum atomic E-state index is -0.533. The van der Waals surface area contributed by atoms with Gasteiger partial charge >= 0.3 is 7.12 Å². The summed E-state index contributed by atoms with van der Waals surface area (Å²) in [7, 11) is 2.46. The highest BCUT2D eigenvalue weighted by molar-refractivity contribution is 9.10. The number of amides is 4. The number of carbonyl (C=O) groups is 4. The van der Waals surface area contributed by atoms with E-state index in [0.717, 1.165) is 97.0 Å². The number of fused-ring (bicyclic) bond motifs is 8. The molecule has 0 atom stereocenters. The maximum Gasteiger partial charge on any atom is 0.494 e. The van der Waals surface area contributed by atoms with Gasteiger partial charge in [0.25, 0.3) is 23.6 Å². The Morgan fingerprint density at radius 3 is 1.41 bits per heavy atom. The van der Waals surface area contributed by atoms with Crippen molar-refractivity contribution in [1.29, 1.82) is 0 Å². The zero-order chi connectivity index (χ0) is 51.6. The quantitative estimate of drug-likeness (QED) is 0.0949. The molecule has 0 radical (unpaired) electrons. The average Bonchev–Trinajstić information content (AvgIpc) is 3.89. The topological polar surface area (TPSA) is 145 Å². The Morgan fingerprint density at radius 2 is 0.865 bits per heavy atom. The van der Waals surface area contributed by atoms with E-state index in [1.807, 2.05) is 94.6 Å². The highest BCUT2D eigenvalue weighted by atomic mass is 79.9. The normalized spacial score (nSPS) is 15.4. The van der Waals surface area contributed by atoms with E-state index < -0.39 is 18.3 Å². The lowest BCUT2D eigenvalue weighted by molar-refractivity contribution is 0.00578. The van der Waals surface area contributed by atoms with Crippen LogP contribution in [0.25, 0.3) is 77.3 Å². The summed E-state index contributed by atoms with van der Waals surface area (Å²) in [5, 5.41) is 4.33. The van der Waals surface area contributed by atoms with Gasteiger partial charge in [-0.1, -0.05) is 107 Å². The van der Waals surface area contributed by atoms with Crippen molar-refractivity contribution in [3.8, 4) is 33.6 Å². The van der Waals surface area contributed by atoms with E-state index in [1.54, 1.807) is 36.5 Å². The molecule has 6 aromatic carbocycles. The number of pyridine rings is 4. The molecule has 1 saturated heterocycles. The van der Waals surface area contributed by atoms with Crippen LogP contribution in [-0.2, 0) is 9.31 Å². The molecule has 3 aliphatic rings. The van der Waals surface area contributed by atoms with Crippen molar-refractivity contribution in [2.24, 2.45) is 0 Å². The summed E-state index contributed by atoms with van der Waals surface area (Å²) in [5.74, 6) is -1.08. The predicted molar refractivity (Wildman–Crippen MR) is 293 cm³/mol. The van der Waals surface area contributed by atoms with Gasteiger partial charge in [0.2, 0.25) is 0 Å². The second-order valence-electron chi connectivity index (χ2n) is 19.4. The summed E-state index contributed by atoms with van der Waals surface area (Å²) in [4.78, 5) is 69.6. The van der Waals surface area contributed by atoms with Crippen molar-refractivity contribution in [2.45, 2.75) is 38.9 Å². The van der Waals surface area contributed by atoms with Gasteiger partial charge in [0, 0.05) is 63.6 Å². The number of hydrogen-bond acceptors (Lipinski definition) is 10. The van der Waals surface area contributed by atoms with Crippen LogP contribution in [0.5, 0.6) is 0 Å². The van der Waals surface area contributed by atoms with E-state index in [0.29, 0.717) is 22.3 Å². The van der Waals surface area contributed by atoms with Gasteiger partial charge in [-0.2, -0.15) is 0 Å². The van der Waals surface area contributed by atoms with Gasteiger partial charge in [-0.3, -0.25) is 38.9 Å². The van der Waals surface area contributed by atoms with Crippen molar-refractivity contribution in [3.05, 3.63) is 197 Å². The molecule has 4 aromatic heterocycles. The van der Waals surface area contributed by atoms with Crippen LogP contribution in [0.1, 0.15) is 69.1 Å². The summed E-state index contributed by atoms with van der Waals surface area (Å²) < 4.78 is 13.0. The largest absolute Gasteiger partial charge is 0.494 e. The first-order valence-corrected chi connectivity index (χ1v) is 24.8. The molecule has 7 heterocycles. The van der Waals surface area contributed by atoms with Crippen LogP contribution < -0.4 is 5.46 Å². The highest BCUT2D eigenvalue weighted by Crippen LogP contribution is 2.37. The van der Waals surface area contributed by atoms with E-state index in [2.05, 4.69) is 92.6 Å². The van der Waals surface area contributed by atoms with Crippen LogP contribution in [0.3, 0.4) is 0 Å². The summed E-state index contributed by atoms with van der Waals surface area (Å²) in [6.45, 7) is 7.90. The molecular weight excluding hydrogens is 991 g/mol. The van der Waals surface area contributed by atoms with Crippen LogP contribution >= 0.6 is 15.9 Å². The molecule has 12 nitrogen and oxygen atoms in total. The number of halogens is 1. The third-order valence-electron chi connectivity index (χ3n) is 14.2. The van der Waals surface area contributed by atoms with E-state index in [1.165, 1.54) is 14.1 Å². The maximum absolute atomic E-state index is 12.4. The second kappa shape index (κ2) is 18.6.